The minimum Gasteiger partial charge on any atom is -0.379 e. The molecule has 2 fully saturated rings. The van der Waals surface area contributed by atoms with Crippen molar-refractivity contribution in [3.8, 4) is 0 Å². The number of benzene rings is 1. The molecule has 3 rings (SSSR count). The van der Waals surface area contributed by atoms with Gasteiger partial charge in [0.1, 0.15) is 0 Å². The molecular formula is C18H27Cl2N3O2. The van der Waals surface area contributed by atoms with Crippen LogP contribution >= 0.6 is 24.0 Å². The minimum absolute atomic E-state index is 0. The number of carbonyl (C=O) groups excluding carboxylic acids is 1. The van der Waals surface area contributed by atoms with E-state index in [2.05, 4.69) is 21.6 Å². The summed E-state index contributed by atoms with van der Waals surface area (Å²) in [7, 11) is 0. The maximum Gasteiger partial charge on any atom is 0.223 e. The highest BCUT2D eigenvalue weighted by Crippen LogP contribution is 2.24. The van der Waals surface area contributed by atoms with Crippen LogP contribution in [0.25, 0.3) is 0 Å². The number of nitrogens with zero attached hydrogens (tertiary/aromatic N) is 1. The number of rotatable bonds is 5. The first-order valence-corrected chi connectivity index (χ1v) is 9.17. The highest BCUT2D eigenvalue weighted by Gasteiger charge is 2.26. The third kappa shape index (κ3) is 5.83. The van der Waals surface area contributed by atoms with Crippen LogP contribution < -0.4 is 10.6 Å². The summed E-state index contributed by atoms with van der Waals surface area (Å²) >= 11 is 6.17. The van der Waals surface area contributed by atoms with Gasteiger partial charge < -0.3 is 15.4 Å². The predicted molar refractivity (Wildman–Crippen MR) is 102 cm³/mol. The fourth-order valence-corrected chi connectivity index (χ4v) is 3.69. The maximum absolute atomic E-state index is 12.5. The van der Waals surface area contributed by atoms with Gasteiger partial charge in [-0.3, -0.25) is 9.69 Å². The molecule has 2 aliphatic rings. The van der Waals surface area contributed by atoms with E-state index in [0.29, 0.717) is 6.54 Å². The van der Waals surface area contributed by atoms with E-state index >= 15 is 0 Å². The summed E-state index contributed by atoms with van der Waals surface area (Å²) in [6.07, 6.45) is 1.84. The summed E-state index contributed by atoms with van der Waals surface area (Å²) < 4.78 is 5.47. The number of hydrogen-bond donors (Lipinski definition) is 2. The zero-order chi connectivity index (χ0) is 16.8. The molecule has 0 bridgehead atoms. The number of amides is 1. The normalized spacial score (nSPS) is 20.5. The molecule has 1 aromatic carbocycles. The Balaban J connectivity index is 0.00000225. The van der Waals surface area contributed by atoms with E-state index in [1.54, 1.807) is 0 Å². The van der Waals surface area contributed by atoms with Crippen LogP contribution in [0.1, 0.15) is 24.4 Å². The molecule has 140 valence electrons. The van der Waals surface area contributed by atoms with Gasteiger partial charge in [0.25, 0.3) is 0 Å². The highest BCUT2D eigenvalue weighted by molar-refractivity contribution is 6.30. The molecule has 2 saturated heterocycles. The van der Waals surface area contributed by atoms with E-state index in [-0.39, 0.29) is 30.3 Å². The highest BCUT2D eigenvalue weighted by atomic mass is 35.5. The molecule has 1 aromatic rings. The molecule has 0 saturated carbocycles. The van der Waals surface area contributed by atoms with Crippen molar-refractivity contribution in [1.29, 1.82) is 0 Å². The second-order valence-electron chi connectivity index (χ2n) is 6.49. The quantitative estimate of drug-likeness (QED) is 0.813. The molecule has 0 aromatic heterocycles. The van der Waals surface area contributed by atoms with Crippen molar-refractivity contribution in [3.63, 3.8) is 0 Å². The van der Waals surface area contributed by atoms with Gasteiger partial charge >= 0.3 is 0 Å². The minimum atomic E-state index is 0. The number of morpholine rings is 1. The number of halogens is 2. The summed E-state index contributed by atoms with van der Waals surface area (Å²) in [5, 5.41) is 7.21. The van der Waals surface area contributed by atoms with E-state index in [1.807, 2.05) is 18.2 Å². The van der Waals surface area contributed by atoms with Crippen LogP contribution in [0.2, 0.25) is 5.02 Å². The summed E-state index contributed by atoms with van der Waals surface area (Å²) in [6, 6.07) is 8.08. The van der Waals surface area contributed by atoms with Crippen molar-refractivity contribution in [2.75, 3.05) is 45.9 Å². The van der Waals surface area contributed by atoms with E-state index in [9.17, 15) is 4.79 Å². The predicted octanol–water partition coefficient (Wildman–Crippen LogP) is 2.25. The van der Waals surface area contributed by atoms with Crippen molar-refractivity contribution < 1.29 is 9.53 Å². The Labute approximate surface area is 160 Å². The number of hydrogen-bond acceptors (Lipinski definition) is 4. The Morgan fingerprint density at radius 1 is 1.32 bits per heavy atom. The zero-order valence-electron chi connectivity index (χ0n) is 14.4. The van der Waals surface area contributed by atoms with Crippen molar-refractivity contribution in [3.05, 3.63) is 34.9 Å². The lowest BCUT2D eigenvalue weighted by molar-refractivity contribution is -0.126. The molecule has 7 heteroatoms. The monoisotopic (exact) mass is 387 g/mol. The van der Waals surface area contributed by atoms with Gasteiger partial charge in [-0.05, 0) is 43.6 Å². The van der Waals surface area contributed by atoms with Gasteiger partial charge in [0, 0.05) is 30.6 Å². The number of ether oxygens (including phenoxy) is 1. The first-order chi connectivity index (χ1) is 11.7. The fraction of sp³-hybridized carbons (Fsp3) is 0.611. The Bertz CT molecular complexity index is 547. The lowest BCUT2D eigenvalue weighted by Crippen LogP contribution is -2.45. The molecule has 2 heterocycles. The van der Waals surface area contributed by atoms with Gasteiger partial charge in [0.2, 0.25) is 5.91 Å². The molecule has 0 radical (unpaired) electrons. The zero-order valence-corrected chi connectivity index (χ0v) is 16.0. The molecule has 1 atom stereocenters. The van der Waals surface area contributed by atoms with Gasteiger partial charge in [0.15, 0.2) is 0 Å². The summed E-state index contributed by atoms with van der Waals surface area (Å²) in [5.41, 5.74) is 1.15. The van der Waals surface area contributed by atoms with Crippen molar-refractivity contribution in [1.82, 2.24) is 15.5 Å². The molecule has 25 heavy (non-hydrogen) atoms. The molecule has 5 nitrogen and oxygen atoms in total. The SMILES string of the molecule is Cl.O=C(NCC(c1cccc(Cl)c1)N1CCOCC1)C1CCNCC1. The fourth-order valence-electron chi connectivity index (χ4n) is 3.49. The van der Waals surface area contributed by atoms with E-state index in [4.69, 9.17) is 16.3 Å². The molecule has 2 N–H and O–H groups in total. The van der Waals surface area contributed by atoms with Crippen LogP contribution in [-0.4, -0.2) is 56.7 Å². The van der Waals surface area contributed by atoms with Crippen LogP contribution in [0.5, 0.6) is 0 Å². The van der Waals surface area contributed by atoms with Crippen LogP contribution in [0, 0.1) is 5.92 Å². The average Bonchev–Trinajstić information content (AvgIpc) is 2.63. The average molecular weight is 388 g/mol. The molecule has 1 unspecified atom stereocenters. The maximum atomic E-state index is 12.5. The first-order valence-electron chi connectivity index (χ1n) is 8.80. The Morgan fingerprint density at radius 2 is 2.04 bits per heavy atom. The van der Waals surface area contributed by atoms with E-state index in [1.165, 1.54) is 0 Å². The van der Waals surface area contributed by atoms with E-state index < -0.39 is 0 Å². The van der Waals surface area contributed by atoms with Crippen molar-refractivity contribution >= 4 is 29.9 Å². The third-order valence-corrected chi connectivity index (χ3v) is 5.13. The molecule has 2 aliphatic heterocycles. The molecule has 0 aliphatic carbocycles. The third-order valence-electron chi connectivity index (χ3n) is 4.90. The second kappa shape index (κ2) is 10.3. The van der Waals surface area contributed by atoms with Crippen LogP contribution in [0.4, 0.5) is 0 Å². The van der Waals surface area contributed by atoms with Crippen molar-refractivity contribution in [2.45, 2.75) is 18.9 Å². The lowest BCUT2D eigenvalue weighted by atomic mass is 9.97. The van der Waals surface area contributed by atoms with Gasteiger partial charge in [-0.15, -0.1) is 12.4 Å². The molecule has 0 spiro atoms. The Morgan fingerprint density at radius 3 is 2.72 bits per heavy atom. The van der Waals surface area contributed by atoms with Crippen LogP contribution in [0.3, 0.4) is 0 Å². The Kier molecular flexibility index (Phi) is 8.46. The second-order valence-corrected chi connectivity index (χ2v) is 6.93. The summed E-state index contributed by atoms with van der Waals surface area (Å²) in [5.74, 6) is 0.313. The number of nitrogens with one attached hydrogen (secondary N) is 2. The van der Waals surface area contributed by atoms with Crippen molar-refractivity contribution in [2.24, 2.45) is 5.92 Å². The Hall–Kier alpha value is -0.850. The van der Waals surface area contributed by atoms with Gasteiger partial charge in [0.05, 0.1) is 19.3 Å². The van der Waals surface area contributed by atoms with Crippen LogP contribution in [0.15, 0.2) is 24.3 Å². The topological polar surface area (TPSA) is 53.6 Å². The number of carbonyl (C=O) groups is 1. The lowest BCUT2D eigenvalue weighted by Gasteiger charge is -2.35. The number of piperidine rings is 1. The molecule has 1 amide bonds. The van der Waals surface area contributed by atoms with Gasteiger partial charge in [-0.25, -0.2) is 0 Å². The standard InChI is InChI=1S/C18H26ClN3O2.ClH/c19-16-3-1-2-15(12-16)17(22-8-10-24-11-9-22)13-21-18(23)14-4-6-20-7-5-14;/h1-3,12,14,17,20H,4-11,13H2,(H,21,23);1H. The van der Waals surface area contributed by atoms with Gasteiger partial charge in [-0.2, -0.15) is 0 Å². The van der Waals surface area contributed by atoms with E-state index in [0.717, 1.165) is 62.8 Å². The first kappa shape index (κ1) is 20.5. The summed E-state index contributed by atoms with van der Waals surface area (Å²) in [4.78, 5) is 14.8. The summed E-state index contributed by atoms with van der Waals surface area (Å²) in [6.45, 7) is 5.70. The molecular weight excluding hydrogens is 361 g/mol. The largest absolute Gasteiger partial charge is 0.379 e. The van der Waals surface area contributed by atoms with Crippen LogP contribution in [-0.2, 0) is 9.53 Å². The van der Waals surface area contributed by atoms with Gasteiger partial charge in [-0.1, -0.05) is 23.7 Å². The smallest absolute Gasteiger partial charge is 0.223 e.